The van der Waals surface area contributed by atoms with E-state index in [-0.39, 0.29) is 6.10 Å². The summed E-state index contributed by atoms with van der Waals surface area (Å²) in [6.07, 6.45) is 8.94. The molecule has 1 saturated heterocycles. The highest BCUT2D eigenvalue weighted by Crippen LogP contribution is 2.32. The number of hydrogen-bond donors (Lipinski definition) is 1. The van der Waals surface area contributed by atoms with E-state index in [2.05, 4.69) is 20.3 Å². The van der Waals surface area contributed by atoms with Crippen LogP contribution in [0, 0.1) is 0 Å². The highest BCUT2D eigenvalue weighted by molar-refractivity contribution is 7.13. The van der Waals surface area contributed by atoms with E-state index < -0.39 is 0 Å². The van der Waals surface area contributed by atoms with Gasteiger partial charge in [0.2, 0.25) is 0 Å². The fraction of sp³-hybridized carbons (Fsp3) is 0.278. The zero-order valence-electron chi connectivity index (χ0n) is 14.0. The van der Waals surface area contributed by atoms with Crippen molar-refractivity contribution in [1.29, 1.82) is 0 Å². The zero-order valence-corrected chi connectivity index (χ0v) is 14.8. The molecule has 0 aliphatic carbocycles. The number of nitrogens with zero attached hydrogens (tertiary/aromatic N) is 3. The molecule has 0 aromatic carbocycles. The van der Waals surface area contributed by atoms with E-state index >= 15 is 0 Å². The smallest absolute Gasteiger partial charge is 0.188 e. The molecular weight excluding hydrogens is 352 g/mol. The molecule has 1 unspecified atom stereocenters. The van der Waals surface area contributed by atoms with Crippen molar-refractivity contribution in [1.82, 2.24) is 15.0 Å². The minimum absolute atomic E-state index is 0.118. The van der Waals surface area contributed by atoms with Crippen LogP contribution in [0.15, 0.2) is 48.4 Å². The third-order valence-corrected chi connectivity index (χ3v) is 4.51. The largest absolute Gasteiger partial charge is 0.487 e. The van der Waals surface area contributed by atoms with Crippen molar-refractivity contribution >= 4 is 22.3 Å². The highest BCUT2D eigenvalue weighted by atomic mass is 32.1. The number of pyridine rings is 2. The number of nitrogens with one attached hydrogen (secondary N) is 1. The zero-order chi connectivity index (χ0) is 17.6. The molecule has 4 rings (SSSR count). The Morgan fingerprint density at radius 3 is 2.88 bits per heavy atom. The molecule has 134 valence electrons. The maximum atomic E-state index is 5.98. The van der Waals surface area contributed by atoms with E-state index in [4.69, 9.17) is 14.2 Å². The van der Waals surface area contributed by atoms with Crippen molar-refractivity contribution in [2.45, 2.75) is 18.9 Å². The molecule has 8 heteroatoms. The minimum Gasteiger partial charge on any atom is -0.487 e. The van der Waals surface area contributed by atoms with Crippen LogP contribution >= 0.6 is 11.3 Å². The highest BCUT2D eigenvalue weighted by Gasteiger charge is 2.18. The number of rotatable bonds is 7. The molecule has 1 aliphatic heterocycles. The average Bonchev–Trinajstić information content (AvgIpc) is 3.36. The summed E-state index contributed by atoms with van der Waals surface area (Å²) in [5.74, 6) is 2.47. The lowest BCUT2D eigenvalue weighted by Crippen LogP contribution is -2.17. The van der Waals surface area contributed by atoms with E-state index in [9.17, 15) is 0 Å². The first kappa shape index (κ1) is 16.7. The Balaban J connectivity index is 1.53. The van der Waals surface area contributed by atoms with Crippen molar-refractivity contribution in [3.05, 3.63) is 48.4 Å². The maximum absolute atomic E-state index is 5.98. The van der Waals surface area contributed by atoms with E-state index in [1.165, 1.54) is 11.3 Å². The molecule has 3 aromatic rings. The maximum Gasteiger partial charge on any atom is 0.188 e. The summed E-state index contributed by atoms with van der Waals surface area (Å²) < 4.78 is 17.4. The Hall–Kier alpha value is -2.71. The summed E-state index contributed by atoms with van der Waals surface area (Å²) in [4.78, 5) is 12.7. The molecule has 1 atom stereocenters. The van der Waals surface area contributed by atoms with Gasteiger partial charge in [-0.25, -0.2) is 9.97 Å². The molecule has 26 heavy (non-hydrogen) atoms. The normalized spacial score (nSPS) is 16.4. The monoisotopic (exact) mass is 370 g/mol. The fourth-order valence-corrected chi connectivity index (χ4v) is 3.10. The van der Waals surface area contributed by atoms with Crippen molar-refractivity contribution in [2.75, 3.05) is 18.5 Å². The molecule has 0 saturated carbocycles. The van der Waals surface area contributed by atoms with Gasteiger partial charge in [-0.1, -0.05) is 0 Å². The first-order chi connectivity index (χ1) is 12.9. The molecule has 1 aliphatic rings. The van der Waals surface area contributed by atoms with Crippen molar-refractivity contribution in [3.8, 4) is 17.2 Å². The lowest BCUT2D eigenvalue weighted by molar-refractivity contribution is 0.0680. The Morgan fingerprint density at radius 2 is 2.12 bits per heavy atom. The number of ether oxygens (including phenoxy) is 3. The SMILES string of the molecule is c1cc(Oc2cnc(Nc3nccs3)c(OCC3CCCO3)c2)ccn1. The minimum atomic E-state index is 0.118. The molecule has 3 aromatic heterocycles. The Labute approximate surface area is 155 Å². The predicted molar refractivity (Wildman–Crippen MR) is 98.4 cm³/mol. The van der Waals surface area contributed by atoms with Gasteiger partial charge >= 0.3 is 0 Å². The summed E-state index contributed by atoms with van der Waals surface area (Å²) >= 11 is 1.50. The van der Waals surface area contributed by atoms with Gasteiger partial charge in [-0.05, 0) is 25.0 Å². The molecule has 0 radical (unpaired) electrons. The van der Waals surface area contributed by atoms with Gasteiger partial charge in [0.25, 0.3) is 0 Å². The lowest BCUT2D eigenvalue weighted by atomic mass is 10.2. The summed E-state index contributed by atoms with van der Waals surface area (Å²) in [5, 5.41) is 5.83. The Morgan fingerprint density at radius 1 is 1.19 bits per heavy atom. The van der Waals surface area contributed by atoms with Gasteiger partial charge in [0, 0.05) is 36.6 Å². The van der Waals surface area contributed by atoms with Crippen LogP contribution < -0.4 is 14.8 Å². The van der Waals surface area contributed by atoms with Gasteiger partial charge in [0.15, 0.2) is 16.7 Å². The molecule has 0 bridgehead atoms. The lowest BCUT2D eigenvalue weighted by Gasteiger charge is -2.15. The number of thiazole rings is 1. The molecule has 7 nitrogen and oxygen atoms in total. The molecule has 1 fully saturated rings. The van der Waals surface area contributed by atoms with E-state index in [0.29, 0.717) is 29.7 Å². The molecule has 0 spiro atoms. The van der Waals surface area contributed by atoms with Gasteiger partial charge in [-0.3, -0.25) is 4.98 Å². The molecule has 4 heterocycles. The first-order valence-corrected chi connectivity index (χ1v) is 9.23. The second-order valence-corrected chi connectivity index (χ2v) is 6.61. The van der Waals surface area contributed by atoms with Crippen LogP contribution in [-0.4, -0.2) is 34.3 Å². The predicted octanol–water partition coefficient (Wildman–Crippen LogP) is 4.03. The van der Waals surface area contributed by atoms with Crippen LogP contribution in [0.2, 0.25) is 0 Å². The standard InChI is InChI=1S/C18H18N4O3S/c1-2-14(23-8-1)12-24-16-10-15(25-13-3-5-19-6-4-13)11-21-17(16)22-18-20-7-9-26-18/h3-7,9-11,14H,1-2,8,12H2,(H,20,21,22). The van der Waals surface area contributed by atoms with Crippen LogP contribution in [0.1, 0.15) is 12.8 Å². The fourth-order valence-electron chi connectivity index (χ4n) is 2.57. The van der Waals surface area contributed by atoms with Crippen LogP contribution in [0.4, 0.5) is 10.9 Å². The third kappa shape index (κ3) is 4.27. The van der Waals surface area contributed by atoms with Crippen LogP contribution in [0.3, 0.4) is 0 Å². The average molecular weight is 370 g/mol. The summed E-state index contributed by atoms with van der Waals surface area (Å²) in [7, 11) is 0. The topological polar surface area (TPSA) is 78.4 Å². The Bertz CT molecular complexity index is 824. The molecule has 1 N–H and O–H groups in total. The Kier molecular flexibility index (Phi) is 5.22. The van der Waals surface area contributed by atoms with Gasteiger partial charge in [-0.15, -0.1) is 11.3 Å². The quantitative estimate of drug-likeness (QED) is 0.673. The van der Waals surface area contributed by atoms with Crippen LogP contribution in [0.25, 0.3) is 0 Å². The summed E-state index contributed by atoms with van der Waals surface area (Å²) in [6, 6.07) is 5.39. The number of aromatic nitrogens is 3. The van der Waals surface area contributed by atoms with Gasteiger partial charge in [0.1, 0.15) is 18.1 Å². The van der Waals surface area contributed by atoms with Gasteiger partial charge in [-0.2, -0.15) is 0 Å². The second-order valence-electron chi connectivity index (χ2n) is 5.71. The van der Waals surface area contributed by atoms with Gasteiger partial charge < -0.3 is 19.5 Å². The first-order valence-electron chi connectivity index (χ1n) is 8.36. The van der Waals surface area contributed by atoms with Crippen molar-refractivity contribution < 1.29 is 14.2 Å². The number of hydrogen-bond acceptors (Lipinski definition) is 8. The van der Waals surface area contributed by atoms with E-state index in [1.807, 2.05) is 11.4 Å². The van der Waals surface area contributed by atoms with E-state index in [0.717, 1.165) is 24.6 Å². The van der Waals surface area contributed by atoms with Gasteiger partial charge in [0.05, 0.1) is 12.3 Å². The molecular formula is C18H18N4O3S. The summed E-state index contributed by atoms with van der Waals surface area (Å²) in [6.45, 7) is 1.27. The second kappa shape index (κ2) is 8.11. The van der Waals surface area contributed by atoms with E-state index in [1.54, 1.807) is 36.9 Å². The van der Waals surface area contributed by atoms with Crippen molar-refractivity contribution in [2.24, 2.45) is 0 Å². The third-order valence-electron chi connectivity index (χ3n) is 3.82. The van der Waals surface area contributed by atoms with Crippen LogP contribution in [-0.2, 0) is 4.74 Å². The molecule has 0 amide bonds. The summed E-state index contributed by atoms with van der Waals surface area (Å²) in [5.41, 5.74) is 0. The van der Waals surface area contributed by atoms with Crippen molar-refractivity contribution in [3.63, 3.8) is 0 Å². The number of anilines is 2. The van der Waals surface area contributed by atoms with Crippen LogP contribution in [0.5, 0.6) is 17.2 Å².